The molecule has 0 unspecified atom stereocenters. The summed E-state index contributed by atoms with van der Waals surface area (Å²) in [5.74, 6) is 1.25. The maximum absolute atomic E-state index is 12.5. The molecule has 1 atom stereocenters. The molecule has 1 aromatic rings. The molecule has 0 aliphatic rings. The Kier molecular flexibility index (Phi) is 7.00. The second kappa shape index (κ2) is 8.58. The highest BCUT2D eigenvalue weighted by atomic mass is 16.6. The van der Waals surface area contributed by atoms with E-state index < -0.39 is 35.2 Å². The number of carbonyl (C=O) groups is 3. The quantitative estimate of drug-likeness (QED) is 0.609. The number of carbonyl (C=O) groups excluding carboxylic acids is 3. The van der Waals surface area contributed by atoms with E-state index in [1.165, 1.54) is 7.11 Å². The molecule has 27 heavy (non-hydrogen) atoms. The number of rotatable bonds is 5. The molecule has 2 amide bonds. The van der Waals surface area contributed by atoms with Crippen LogP contribution in [0.5, 0.6) is 0 Å². The molecule has 0 spiro atoms. The fourth-order valence-electron chi connectivity index (χ4n) is 2.22. The van der Waals surface area contributed by atoms with Crippen LogP contribution in [0.3, 0.4) is 0 Å². The number of ether oxygens (including phenoxy) is 2. The van der Waals surface area contributed by atoms with Gasteiger partial charge >= 0.3 is 12.1 Å². The Hall–Kier alpha value is -3.01. The summed E-state index contributed by atoms with van der Waals surface area (Å²) in [6.07, 6.45) is 4.58. The molecular formula is C20H26N2O5. The Morgan fingerprint density at radius 2 is 1.63 bits per heavy atom. The van der Waals surface area contributed by atoms with Crippen molar-refractivity contribution in [1.29, 1.82) is 0 Å². The molecule has 0 bridgehead atoms. The topological polar surface area (TPSA) is 93.7 Å². The summed E-state index contributed by atoms with van der Waals surface area (Å²) in [4.78, 5) is 36.9. The lowest BCUT2D eigenvalue weighted by atomic mass is 9.94. The number of alkyl carbamates (subject to hydrolysis) is 1. The molecule has 0 saturated carbocycles. The summed E-state index contributed by atoms with van der Waals surface area (Å²) in [7, 11) is 1.20. The van der Waals surface area contributed by atoms with Gasteiger partial charge in [0, 0.05) is 11.1 Å². The molecule has 0 aliphatic carbocycles. The first-order chi connectivity index (χ1) is 12.4. The van der Waals surface area contributed by atoms with Crippen molar-refractivity contribution in [2.45, 2.75) is 51.8 Å². The van der Waals surface area contributed by atoms with Crippen molar-refractivity contribution in [2.24, 2.45) is 0 Å². The number of nitrogens with one attached hydrogen (secondary N) is 2. The SMILES string of the molecule is C#Cc1ccc(C(=O)N[C@H](C(=O)OC)C(C)(C)NC(=O)OC(C)(C)C)cc1. The molecule has 0 heterocycles. The van der Waals surface area contributed by atoms with Gasteiger partial charge in [-0.2, -0.15) is 0 Å². The molecule has 0 aromatic heterocycles. The molecule has 2 N–H and O–H groups in total. The van der Waals surface area contributed by atoms with E-state index in [0.29, 0.717) is 11.1 Å². The fourth-order valence-corrected chi connectivity index (χ4v) is 2.22. The average molecular weight is 374 g/mol. The van der Waals surface area contributed by atoms with Crippen molar-refractivity contribution >= 4 is 18.0 Å². The van der Waals surface area contributed by atoms with Gasteiger partial charge in [-0.1, -0.05) is 5.92 Å². The van der Waals surface area contributed by atoms with Crippen molar-refractivity contribution in [1.82, 2.24) is 10.6 Å². The Morgan fingerprint density at radius 1 is 1.07 bits per heavy atom. The lowest BCUT2D eigenvalue weighted by Gasteiger charge is -2.34. The highest BCUT2D eigenvalue weighted by molar-refractivity contribution is 5.97. The van der Waals surface area contributed by atoms with Crippen LogP contribution < -0.4 is 10.6 Å². The standard InChI is InChI=1S/C20H26N2O5/c1-8-13-9-11-14(12-10-13)16(23)21-15(17(24)26-7)20(5,6)22-18(25)27-19(2,3)4/h1,9-12,15H,2-7H3,(H,21,23)(H,22,25)/t15-/m1/s1. The van der Waals surface area contributed by atoms with Gasteiger partial charge < -0.3 is 20.1 Å². The van der Waals surface area contributed by atoms with E-state index in [4.69, 9.17) is 15.9 Å². The van der Waals surface area contributed by atoms with E-state index in [1.54, 1.807) is 58.9 Å². The van der Waals surface area contributed by atoms with Gasteiger partial charge in [0.05, 0.1) is 12.6 Å². The molecule has 1 rings (SSSR count). The molecule has 0 fully saturated rings. The maximum Gasteiger partial charge on any atom is 0.408 e. The van der Waals surface area contributed by atoms with Crippen LogP contribution in [0.4, 0.5) is 4.79 Å². The predicted molar refractivity (Wildman–Crippen MR) is 101 cm³/mol. The van der Waals surface area contributed by atoms with Gasteiger partial charge in [-0.05, 0) is 58.9 Å². The van der Waals surface area contributed by atoms with Crippen LogP contribution in [0.25, 0.3) is 0 Å². The zero-order valence-corrected chi connectivity index (χ0v) is 16.5. The first-order valence-corrected chi connectivity index (χ1v) is 8.36. The number of benzene rings is 1. The zero-order chi connectivity index (χ0) is 20.8. The van der Waals surface area contributed by atoms with Crippen LogP contribution in [0.15, 0.2) is 24.3 Å². The summed E-state index contributed by atoms with van der Waals surface area (Å²) in [5, 5.41) is 5.19. The molecule has 0 aliphatic heterocycles. The van der Waals surface area contributed by atoms with Crippen LogP contribution in [-0.4, -0.2) is 42.3 Å². The van der Waals surface area contributed by atoms with E-state index in [9.17, 15) is 14.4 Å². The van der Waals surface area contributed by atoms with Crippen molar-refractivity contribution in [2.75, 3.05) is 7.11 Å². The van der Waals surface area contributed by atoms with Crippen molar-refractivity contribution in [3.8, 4) is 12.3 Å². The maximum atomic E-state index is 12.5. The zero-order valence-electron chi connectivity index (χ0n) is 16.5. The lowest BCUT2D eigenvalue weighted by molar-refractivity contribution is -0.144. The van der Waals surface area contributed by atoms with Gasteiger partial charge in [0.1, 0.15) is 11.6 Å². The number of methoxy groups -OCH3 is 1. The third-order valence-electron chi connectivity index (χ3n) is 3.57. The summed E-state index contributed by atoms with van der Waals surface area (Å²) < 4.78 is 10.0. The smallest absolute Gasteiger partial charge is 0.408 e. The van der Waals surface area contributed by atoms with Crippen LogP contribution in [0.2, 0.25) is 0 Å². The van der Waals surface area contributed by atoms with Gasteiger partial charge in [0.2, 0.25) is 0 Å². The summed E-state index contributed by atoms with van der Waals surface area (Å²) in [5.41, 5.74) is -0.939. The monoisotopic (exact) mass is 374 g/mol. The second-order valence-electron chi connectivity index (χ2n) is 7.50. The normalized spacial score (nSPS) is 12.3. The van der Waals surface area contributed by atoms with E-state index in [2.05, 4.69) is 16.6 Å². The van der Waals surface area contributed by atoms with Crippen LogP contribution in [0.1, 0.15) is 50.5 Å². The number of hydrogen-bond donors (Lipinski definition) is 2. The van der Waals surface area contributed by atoms with Gasteiger partial charge in [-0.25, -0.2) is 9.59 Å². The van der Waals surface area contributed by atoms with Crippen LogP contribution in [-0.2, 0) is 14.3 Å². The Bertz CT molecular complexity index is 739. The number of amides is 2. The molecule has 1 aromatic carbocycles. The first-order valence-electron chi connectivity index (χ1n) is 8.36. The molecule has 0 saturated heterocycles. The minimum absolute atomic E-state index is 0.316. The Labute approximate surface area is 159 Å². The summed E-state index contributed by atoms with van der Waals surface area (Å²) in [6.45, 7) is 8.33. The summed E-state index contributed by atoms with van der Waals surface area (Å²) >= 11 is 0. The molecule has 7 heteroatoms. The summed E-state index contributed by atoms with van der Waals surface area (Å²) in [6, 6.07) is 5.19. The van der Waals surface area contributed by atoms with Gasteiger partial charge in [0.15, 0.2) is 0 Å². The van der Waals surface area contributed by atoms with E-state index in [-0.39, 0.29) is 0 Å². The van der Waals surface area contributed by atoms with Crippen molar-refractivity contribution < 1.29 is 23.9 Å². The largest absolute Gasteiger partial charge is 0.467 e. The van der Waals surface area contributed by atoms with E-state index in [1.807, 2.05) is 0 Å². The van der Waals surface area contributed by atoms with Crippen molar-refractivity contribution in [3.63, 3.8) is 0 Å². The number of hydrogen-bond acceptors (Lipinski definition) is 5. The van der Waals surface area contributed by atoms with Crippen LogP contribution >= 0.6 is 0 Å². The van der Waals surface area contributed by atoms with Gasteiger partial charge in [-0.15, -0.1) is 6.42 Å². The lowest BCUT2D eigenvalue weighted by Crippen LogP contribution is -2.62. The minimum atomic E-state index is -1.18. The number of terminal acetylenes is 1. The third kappa shape index (κ3) is 6.66. The highest BCUT2D eigenvalue weighted by Gasteiger charge is 2.39. The minimum Gasteiger partial charge on any atom is -0.467 e. The van der Waals surface area contributed by atoms with Gasteiger partial charge in [0.25, 0.3) is 5.91 Å². The Morgan fingerprint density at radius 3 is 2.07 bits per heavy atom. The van der Waals surface area contributed by atoms with Crippen LogP contribution in [0, 0.1) is 12.3 Å². The first kappa shape index (κ1) is 22.0. The number of esters is 1. The van der Waals surface area contributed by atoms with Gasteiger partial charge in [-0.3, -0.25) is 4.79 Å². The average Bonchev–Trinajstić information content (AvgIpc) is 2.56. The highest BCUT2D eigenvalue weighted by Crippen LogP contribution is 2.15. The van der Waals surface area contributed by atoms with E-state index in [0.717, 1.165) is 0 Å². The molecular weight excluding hydrogens is 348 g/mol. The van der Waals surface area contributed by atoms with E-state index >= 15 is 0 Å². The molecule has 7 nitrogen and oxygen atoms in total. The predicted octanol–water partition coefficient (Wildman–Crippen LogP) is 2.24. The fraction of sp³-hybridized carbons (Fsp3) is 0.450. The molecule has 0 radical (unpaired) electrons. The Balaban J connectivity index is 2.99. The third-order valence-corrected chi connectivity index (χ3v) is 3.57. The second-order valence-corrected chi connectivity index (χ2v) is 7.50. The van der Waals surface area contributed by atoms with Crippen molar-refractivity contribution in [3.05, 3.63) is 35.4 Å². The molecule has 146 valence electrons.